The molecule has 0 radical (unpaired) electrons. The van der Waals surface area contributed by atoms with Crippen LogP contribution in [-0.4, -0.2) is 49.4 Å². The maximum absolute atomic E-state index is 14.9. The molecule has 10 heteroatoms. The van der Waals surface area contributed by atoms with Crippen molar-refractivity contribution in [3.63, 3.8) is 0 Å². The highest BCUT2D eigenvalue weighted by Gasteiger charge is 2.54. The van der Waals surface area contributed by atoms with E-state index >= 15 is 0 Å². The number of fused-ring (bicyclic) bond motifs is 1. The highest BCUT2D eigenvalue weighted by Crippen LogP contribution is 2.46. The third-order valence-electron chi connectivity index (χ3n) is 4.89. The van der Waals surface area contributed by atoms with Crippen LogP contribution in [0.15, 0.2) is 29.3 Å². The lowest BCUT2D eigenvalue weighted by molar-refractivity contribution is -0.121. The van der Waals surface area contributed by atoms with Crippen molar-refractivity contribution in [2.45, 2.75) is 56.4 Å². The number of rotatable bonds is 1. The SMILES string of the molecule is CN1C(N(F)C(=O)OC(C)(C)C)=NC2(c3ccccc3F)CCC(=O)CC2S1=O. The lowest BCUT2D eigenvalue weighted by Crippen LogP contribution is -2.58. The number of aliphatic imine (C=N–C) groups is 1. The van der Waals surface area contributed by atoms with Gasteiger partial charge in [0, 0.05) is 25.5 Å². The summed E-state index contributed by atoms with van der Waals surface area (Å²) in [5, 5.41) is -1.19. The smallest absolute Gasteiger partial charge is 0.442 e. The molecule has 1 aliphatic heterocycles. The van der Waals surface area contributed by atoms with Crippen molar-refractivity contribution in [3.05, 3.63) is 35.6 Å². The maximum Gasteiger partial charge on any atom is 0.446 e. The number of hydrogen-bond acceptors (Lipinski definition) is 5. The first kappa shape index (κ1) is 21.4. The topological polar surface area (TPSA) is 79.3 Å². The van der Waals surface area contributed by atoms with Gasteiger partial charge in [-0.1, -0.05) is 27.8 Å². The molecule has 1 saturated carbocycles. The first-order valence-electron chi connectivity index (χ1n) is 9.16. The van der Waals surface area contributed by atoms with Gasteiger partial charge in [0.05, 0.1) is 5.25 Å². The summed E-state index contributed by atoms with van der Waals surface area (Å²) in [6, 6.07) is 5.81. The van der Waals surface area contributed by atoms with Crippen LogP contribution in [0.4, 0.5) is 13.7 Å². The van der Waals surface area contributed by atoms with Gasteiger partial charge in [-0.25, -0.2) is 18.4 Å². The highest BCUT2D eigenvalue weighted by atomic mass is 32.2. The second-order valence-electron chi connectivity index (χ2n) is 8.08. The van der Waals surface area contributed by atoms with Gasteiger partial charge in [0.25, 0.3) is 0 Å². The van der Waals surface area contributed by atoms with Crippen LogP contribution in [0.3, 0.4) is 0 Å². The summed E-state index contributed by atoms with van der Waals surface area (Å²) in [7, 11) is -0.633. The molecule has 0 spiro atoms. The average molecular weight is 427 g/mol. The minimum Gasteiger partial charge on any atom is -0.442 e. The van der Waals surface area contributed by atoms with Gasteiger partial charge in [0.1, 0.15) is 33.7 Å². The van der Waals surface area contributed by atoms with E-state index < -0.39 is 45.2 Å². The number of amides is 1. The van der Waals surface area contributed by atoms with Crippen molar-refractivity contribution in [2.75, 3.05) is 7.05 Å². The Labute approximate surface area is 170 Å². The zero-order valence-electron chi connectivity index (χ0n) is 16.6. The number of nitrogens with zero attached hydrogens (tertiary/aromatic N) is 3. The van der Waals surface area contributed by atoms with Crippen LogP contribution in [-0.2, 0) is 26.1 Å². The molecule has 0 N–H and O–H groups in total. The van der Waals surface area contributed by atoms with E-state index in [2.05, 4.69) is 4.99 Å². The number of Topliss-reactive ketones (excluding diaryl/α,β-unsaturated/α-hetero) is 1. The predicted octanol–water partition coefficient (Wildman–Crippen LogP) is 3.23. The van der Waals surface area contributed by atoms with Gasteiger partial charge in [-0.15, -0.1) is 0 Å². The van der Waals surface area contributed by atoms with Gasteiger partial charge in [0.15, 0.2) is 0 Å². The fourth-order valence-electron chi connectivity index (χ4n) is 3.59. The Morgan fingerprint density at radius 1 is 1.38 bits per heavy atom. The lowest BCUT2D eigenvalue weighted by Gasteiger charge is -2.46. The van der Waals surface area contributed by atoms with E-state index in [1.54, 1.807) is 26.8 Å². The first-order chi connectivity index (χ1) is 13.5. The fourth-order valence-corrected chi connectivity index (χ4v) is 5.20. The van der Waals surface area contributed by atoms with Crippen molar-refractivity contribution < 1.29 is 27.4 Å². The number of benzene rings is 1. The van der Waals surface area contributed by atoms with E-state index in [4.69, 9.17) is 4.74 Å². The number of ether oxygens (including phenoxy) is 1. The molecule has 0 bridgehead atoms. The van der Waals surface area contributed by atoms with Crippen molar-refractivity contribution in [1.82, 2.24) is 9.43 Å². The first-order valence-corrected chi connectivity index (χ1v) is 10.3. The Morgan fingerprint density at radius 3 is 2.66 bits per heavy atom. The highest BCUT2D eigenvalue weighted by molar-refractivity contribution is 7.84. The molecule has 1 heterocycles. The van der Waals surface area contributed by atoms with Crippen LogP contribution >= 0.6 is 0 Å². The van der Waals surface area contributed by atoms with Gasteiger partial charge >= 0.3 is 6.09 Å². The van der Waals surface area contributed by atoms with Crippen molar-refractivity contribution in [2.24, 2.45) is 4.99 Å². The third kappa shape index (κ3) is 3.90. The van der Waals surface area contributed by atoms with Crippen molar-refractivity contribution >= 4 is 28.8 Å². The summed E-state index contributed by atoms with van der Waals surface area (Å²) in [5.41, 5.74) is -2.27. The molecule has 0 aromatic heterocycles. The Kier molecular flexibility index (Phi) is 5.50. The lowest BCUT2D eigenvalue weighted by atomic mass is 9.75. The molecule has 1 aromatic rings. The number of hydrogen-bond donors (Lipinski definition) is 0. The molecule has 3 unspecified atom stereocenters. The third-order valence-corrected chi connectivity index (χ3v) is 6.64. The van der Waals surface area contributed by atoms with Crippen molar-refractivity contribution in [1.29, 1.82) is 0 Å². The van der Waals surface area contributed by atoms with E-state index in [9.17, 15) is 22.7 Å². The zero-order chi connectivity index (χ0) is 21.6. The van der Waals surface area contributed by atoms with Gasteiger partial charge in [0.2, 0.25) is 5.96 Å². The average Bonchev–Trinajstić information content (AvgIpc) is 2.64. The monoisotopic (exact) mass is 427 g/mol. The van der Waals surface area contributed by atoms with E-state index in [-0.39, 0.29) is 35.7 Å². The Bertz CT molecular complexity index is 902. The summed E-state index contributed by atoms with van der Waals surface area (Å²) in [5.74, 6) is -1.27. The second-order valence-corrected chi connectivity index (χ2v) is 9.75. The maximum atomic E-state index is 14.9. The van der Waals surface area contributed by atoms with E-state index in [0.717, 1.165) is 4.31 Å². The molecule has 0 saturated heterocycles. The van der Waals surface area contributed by atoms with Crippen LogP contribution < -0.4 is 0 Å². The molecule has 1 amide bonds. The minimum absolute atomic E-state index is 0.0582. The molecular formula is C19H23F2N3O4S. The molecule has 1 aliphatic carbocycles. The predicted molar refractivity (Wildman–Crippen MR) is 103 cm³/mol. The van der Waals surface area contributed by atoms with E-state index in [1.165, 1.54) is 25.2 Å². The van der Waals surface area contributed by atoms with Gasteiger partial charge < -0.3 is 4.74 Å². The van der Waals surface area contributed by atoms with Crippen LogP contribution in [0, 0.1) is 5.82 Å². The number of ketones is 1. The van der Waals surface area contributed by atoms with Gasteiger partial charge in [-0.3, -0.25) is 9.10 Å². The van der Waals surface area contributed by atoms with E-state index in [0.29, 0.717) is 0 Å². The molecule has 158 valence electrons. The molecule has 3 rings (SSSR count). The van der Waals surface area contributed by atoms with Crippen molar-refractivity contribution in [3.8, 4) is 0 Å². The summed E-state index contributed by atoms with van der Waals surface area (Å²) in [6.07, 6.45) is -1.26. The number of halogens is 2. The number of carbonyl (C=O) groups is 2. The molecule has 1 aromatic carbocycles. The summed E-state index contributed by atoms with van der Waals surface area (Å²) in [4.78, 5) is 28.7. The molecule has 3 atom stereocenters. The fraction of sp³-hybridized carbons (Fsp3) is 0.526. The Balaban J connectivity index is 2.14. The quantitative estimate of drug-likeness (QED) is 0.645. The van der Waals surface area contributed by atoms with Gasteiger partial charge in [-0.05, 0) is 33.3 Å². The molecule has 29 heavy (non-hydrogen) atoms. The normalized spacial score (nSPS) is 27.2. The second kappa shape index (κ2) is 7.47. The van der Waals surface area contributed by atoms with Crippen LogP contribution in [0.1, 0.15) is 45.6 Å². The minimum atomic E-state index is -1.93. The molecule has 7 nitrogen and oxygen atoms in total. The summed E-state index contributed by atoms with van der Waals surface area (Å²) in [6.45, 7) is 4.73. The number of carbonyl (C=O) groups excluding carboxylic acids is 2. The molecular weight excluding hydrogens is 404 g/mol. The summed E-state index contributed by atoms with van der Waals surface area (Å²) >= 11 is 0. The largest absolute Gasteiger partial charge is 0.446 e. The van der Waals surface area contributed by atoms with Gasteiger partial charge in [-0.2, -0.15) is 0 Å². The molecule has 1 fully saturated rings. The number of guanidine groups is 1. The molecule has 2 aliphatic rings. The summed E-state index contributed by atoms with van der Waals surface area (Å²) < 4.78 is 48.8. The Hall–Kier alpha value is -2.36. The standard InChI is InChI=1S/C19H23F2N3O4S/c1-18(2,3)28-17(26)24(21)16-22-19(13-7-5-6-8-14(13)20)10-9-12(25)11-15(19)29(27)23(16)4/h5-8,15H,9-11H2,1-4H3. The van der Waals surface area contributed by atoms with Crippen LogP contribution in [0.25, 0.3) is 0 Å². The van der Waals surface area contributed by atoms with Crippen LogP contribution in [0.5, 0.6) is 0 Å². The Morgan fingerprint density at radius 2 is 2.03 bits per heavy atom. The van der Waals surface area contributed by atoms with E-state index in [1.807, 2.05) is 0 Å². The zero-order valence-corrected chi connectivity index (χ0v) is 17.5. The van der Waals surface area contributed by atoms with Crippen LogP contribution in [0.2, 0.25) is 0 Å².